The summed E-state index contributed by atoms with van der Waals surface area (Å²) in [4.78, 5) is 22.0. The molecule has 0 amide bonds. The summed E-state index contributed by atoms with van der Waals surface area (Å²) < 4.78 is 13.1. The number of carboxylic acids is 2. The smallest absolute Gasteiger partial charge is 0.123 e. The lowest BCUT2D eigenvalue weighted by molar-refractivity contribution is -0.256. The van der Waals surface area contributed by atoms with Crippen LogP contribution < -0.4 is 10.2 Å². The van der Waals surface area contributed by atoms with E-state index in [1.54, 1.807) is 6.07 Å². The Balaban J connectivity index is 2.72. The van der Waals surface area contributed by atoms with E-state index in [4.69, 9.17) is 0 Å². The van der Waals surface area contributed by atoms with Gasteiger partial charge in [0.25, 0.3) is 0 Å². The first-order valence-electron chi connectivity index (χ1n) is 5.32. The molecule has 0 N–H and O–H groups in total. The van der Waals surface area contributed by atoms with E-state index < -0.39 is 23.3 Å². The summed E-state index contributed by atoms with van der Waals surface area (Å²) in [5.41, 5.74) is -0.367. The Hall–Kier alpha value is -2.69. The zero-order chi connectivity index (χ0) is 14.0. The van der Waals surface area contributed by atoms with Crippen molar-refractivity contribution in [3.8, 4) is 11.1 Å². The Labute approximate surface area is 107 Å². The van der Waals surface area contributed by atoms with Crippen molar-refractivity contribution in [2.24, 2.45) is 0 Å². The number of carbonyl (C=O) groups is 2. The quantitative estimate of drug-likeness (QED) is 0.788. The summed E-state index contributed by atoms with van der Waals surface area (Å²) in [6.45, 7) is 0. The minimum Gasteiger partial charge on any atom is -0.545 e. The molecule has 0 saturated heterocycles. The van der Waals surface area contributed by atoms with Crippen LogP contribution in [0.25, 0.3) is 11.1 Å². The lowest BCUT2D eigenvalue weighted by Crippen LogP contribution is -2.25. The van der Waals surface area contributed by atoms with Crippen molar-refractivity contribution in [3.63, 3.8) is 0 Å². The Kier molecular flexibility index (Phi) is 3.29. The van der Waals surface area contributed by atoms with Crippen LogP contribution in [0.2, 0.25) is 0 Å². The van der Waals surface area contributed by atoms with Crippen LogP contribution in [-0.2, 0) is 0 Å². The first-order valence-corrected chi connectivity index (χ1v) is 5.32. The van der Waals surface area contributed by atoms with Crippen LogP contribution in [0, 0.1) is 5.82 Å². The average Bonchev–Trinajstić information content (AvgIpc) is 2.38. The standard InChI is InChI=1S/C14H9FO4/c15-8-5-6-10(12(7-8)14(18)19)9-3-1-2-4-11(9)13(16)17/h1-7H,(H,16,17)(H,18,19)/p-2. The number of benzene rings is 2. The molecule has 4 nitrogen and oxygen atoms in total. The molecule has 0 saturated carbocycles. The minimum absolute atomic E-state index is 0.0706. The topological polar surface area (TPSA) is 80.3 Å². The van der Waals surface area contributed by atoms with Gasteiger partial charge < -0.3 is 19.8 Å². The number of aromatic carboxylic acids is 2. The maximum atomic E-state index is 13.1. The maximum absolute atomic E-state index is 13.1. The second-order valence-electron chi connectivity index (χ2n) is 3.81. The van der Waals surface area contributed by atoms with Gasteiger partial charge in [-0.1, -0.05) is 30.3 Å². The highest BCUT2D eigenvalue weighted by Crippen LogP contribution is 2.27. The van der Waals surface area contributed by atoms with Crippen LogP contribution >= 0.6 is 0 Å². The number of halogens is 1. The molecule has 0 bridgehead atoms. The summed E-state index contributed by atoms with van der Waals surface area (Å²) in [6, 6.07) is 8.77. The lowest BCUT2D eigenvalue weighted by atomic mass is 9.95. The highest BCUT2D eigenvalue weighted by molar-refractivity contribution is 6.00. The average molecular weight is 258 g/mol. The number of hydrogen-bond donors (Lipinski definition) is 0. The van der Waals surface area contributed by atoms with Gasteiger partial charge in [-0.15, -0.1) is 0 Å². The van der Waals surface area contributed by atoms with Gasteiger partial charge in [0.05, 0.1) is 11.9 Å². The van der Waals surface area contributed by atoms with E-state index in [0.717, 1.165) is 12.1 Å². The molecule has 5 heteroatoms. The van der Waals surface area contributed by atoms with Crippen molar-refractivity contribution in [2.45, 2.75) is 0 Å². The van der Waals surface area contributed by atoms with Gasteiger partial charge >= 0.3 is 0 Å². The SMILES string of the molecule is O=C([O-])c1ccccc1-c1ccc(F)cc1C(=O)[O-]. The molecule has 0 aromatic heterocycles. The maximum Gasteiger partial charge on any atom is 0.123 e. The highest BCUT2D eigenvalue weighted by Gasteiger charge is 2.11. The molecule has 0 atom stereocenters. The fourth-order valence-corrected chi connectivity index (χ4v) is 1.82. The van der Waals surface area contributed by atoms with Crippen LogP contribution in [-0.4, -0.2) is 11.9 Å². The number of carbonyl (C=O) groups excluding carboxylic acids is 2. The summed E-state index contributed by atoms with van der Waals surface area (Å²) >= 11 is 0. The van der Waals surface area contributed by atoms with E-state index >= 15 is 0 Å². The van der Waals surface area contributed by atoms with E-state index in [9.17, 15) is 24.2 Å². The van der Waals surface area contributed by atoms with Gasteiger partial charge in [0.1, 0.15) is 5.82 Å². The number of carboxylic acid groups (broad SMARTS) is 2. The Morgan fingerprint density at radius 1 is 0.842 bits per heavy atom. The molecule has 2 rings (SSSR count). The van der Waals surface area contributed by atoms with E-state index in [-0.39, 0.29) is 16.7 Å². The molecule has 96 valence electrons. The minimum atomic E-state index is -1.58. The van der Waals surface area contributed by atoms with Crippen LogP contribution in [0.1, 0.15) is 20.7 Å². The third-order valence-electron chi connectivity index (χ3n) is 2.64. The van der Waals surface area contributed by atoms with Crippen molar-refractivity contribution in [1.82, 2.24) is 0 Å². The largest absolute Gasteiger partial charge is 0.545 e. The van der Waals surface area contributed by atoms with Crippen LogP contribution in [0.3, 0.4) is 0 Å². The molecule has 0 aliphatic carbocycles. The molecule has 0 heterocycles. The molecule has 2 aromatic rings. The Morgan fingerprint density at radius 3 is 2.05 bits per heavy atom. The van der Waals surface area contributed by atoms with E-state index in [1.165, 1.54) is 24.3 Å². The fraction of sp³-hybridized carbons (Fsp3) is 0. The second kappa shape index (κ2) is 4.89. The molecule has 0 unspecified atom stereocenters. The van der Waals surface area contributed by atoms with Crippen molar-refractivity contribution < 1.29 is 24.2 Å². The molecular formula is C14H7FO4-2. The first kappa shape index (κ1) is 12.8. The molecule has 0 aliphatic rings. The van der Waals surface area contributed by atoms with Crippen molar-refractivity contribution in [2.75, 3.05) is 0 Å². The van der Waals surface area contributed by atoms with Gasteiger partial charge in [-0.05, 0) is 23.3 Å². The molecule has 0 aliphatic heterocycles. The van der Waals surface area contributed by atoms with Crippen molar-refractivity contribution in [1.29, 1.82) is 0 Å². The number of rotatable bonds is 3. The van der Waals surface area contributed by atoms with Crippen LogP contribution in [0.4, 0.5) is 4.39 Å². The van der Waals surface area contributed by atoms with E-state index in [1.807, 2.05) is 0 Å². The third-order valence-corrected chi connectivity index (χ3v) is 2.64. The predicted octanol–water partition coefficient (Wildman–Crippen LogP) is 0.220. The summed E-state index contributed by atoms with van der Waals surface area (Å²) in [5.74, 6) is -3.76. The molecule has 0 spiro atoms. The van der Waals surface area contributed by atoms with Gasteiger partial charge in [0.2, 0.25) is 0 Å². The second-order valence-corrected chi connectivity index (χ2v) is 3.81. The number of hydrogen-bond acceptors (Lipinski definition) is 4. The third kappa shape index (κ3) is 2.44. The van der Waals surface area contributed by atoms with E-state index in [0.29, 0.717) is 0 Å². The normalized spacial score (nSPS) is 10.2. The van der Waals surface area contributed by atoms with Gasteiger partial charge in [-0.25, -0.2) is 4.39 Å². The van der Waals surface area contributed by atoms with E-state index in [2.05, 4.69) is 0 Å². The van der Waals surface area contributed by atoms with Gasteiger partial charge in [0.15, 0.2) is 0 Å². The molecule has 2 aromatic carbocycles. The zero-order valence-electron chi connectivity index (χ0n) is 9.55. The summed E-state index contributed by atoms with van der Waals surface area (Å²) in [5, 5.41) is 22.0. The first-order chi connectivity index (χ1) is 9.00. The fourth-order valence-electron chi connectivity index (χ4n) is 1.82. The molecule has 0 fully saturated rings. The van der Waals surface area contributed by atoms with Crippen molar-refractivity contribution in [3.05, 3.63) is 59.4 Å². The van der Waals surface area contributed by atoms with Gasteiger partial charge in [-0.3, -0.25) is 0 Å². The van der Waals surface area contributed by atoms with Gasteiger partial charge in [-0.2, -0.15) is 0 Å². The molecular weight excluding hydrogens is 251 g/mol. The van der Waals surface area contributed by atoms with Gasteiger partial charge in [0, 0.05) is 11.1 Å². The monoisotopic (exact) mass is 258 g/mol. The predicted molar refractivity (Wildman–Crippen MR) is 60.5 cm³/mol. The summed E-state index contributed by atoms with van der Waals surface area (Å²) in [6.07, 6.45) is 0. The molecule has 19 heavy (non-hydrogen) atoms. The summed E-state index contributed by atoms with van der Waals surface area (Å²) in [7, 11) is 0. The van der Waals surface area contributed by atoms with Crippen LogP contribution in [0.15, 0.2) is 42.5 Å². The Bertz CT molecular complexity index is 664. The van der Waals surface area contributed by atoms with Crippen molar-refractivity contribution >= 4 is 11.9 Å². The zero-order valence-corrected chi connectivity index (χ0v) is 9.55. The van der Waals surface area contributed by atoms with Crippen LogP contribution in [0.5, 0.6) is 0 Å². The molecule has 0 radical (unpaired) electrons. The highest BCUT2D eigenvalue weighted by atomic mass is 19.1. The lowest BCUT2D eigenvalue weighted by Gasteiger charge is -2.15. The Morgan fingerprint density at radius 2 is 1.42 bits per heavy atom.